The van der Waals surface area contributed by atoms with Crippen LogP contribution in [0.5, 0.6) is 0 Å². The molecule has 0 aliphatic carbocycles. The molecule has 4 nitrogen and oxygen atoms in total. The Kier molecular flexibility index (Phi) is 2.60. The maximum Gasteiger partial charge on any atom is 0.249 e. The Hall–Kier alpha value is -1.91. The molecule has 84 valence electrons. The number of halogens is 1. The van der Waals surface area contributed by atoms with E-state index in [2.05, 4.69) is 10.2 Å². The standard InChI is InChI=1S/C11H12FN3O/c1-6(2)10-14-15-11(16-10)8-4-3-7(12)5-9(8)13/h3-6H,13H2,1-2H3. The molecule has 0 unspecified atom stereocenters. The van der Waals surface area contributed by atoms with E-state index in [1.807, 2.05) is 13.8 Å². The zero-order chi connectivity index (χ0) is 11.7. The average Bonchev–Trinajstić information content (AvgIpc) is 2.66. The summed E-state index contributed by atoms with van der Waals surface area (Å²) in [6.45, 7) is 3.90. The molecule has 1 aromatic carbocycles. The lowest BCUT2D eigenvalue weighted by Gasteiger charge is -2.00. The van der Waals surface area contributed by atoms with Crippen LogP contribution in [0.15, 0.2) is 22.6 Å². The van der Waals surface area contributed by atoms with Crippen molar-refractivity contribution >= 4 is 5.69 Å². The van der Waals surface area contributed by atoms with Crippen LogP contribution in [0.1, 0.15) is 25.7 Å². The molecule has 0 radical (unpaired) electrons. The van der Waals surface area contributed by atoms with Gasteiger partial charge >= 0.3 is 0 Å². The first kappa shape index (κ1) is 10.6. The number of hydrogen-bond acceptors (Lipinski definition) is 4. The number of nitrogens with two attached hydrogens (primary N) is 1. The molecule has 2 N–H and O–H groups in total. The maximum absolute atomic E-state index is 12.9. The van der Waals surface area contributed by atoms with Crippen LogP contribution < -0.4 is 5.73 Å². The summed E-state index contributed by atoms with van der Waals surface area (Å²) in [5, 5.41) is 7.77. The second-order valence-electron chi connectivity index (χ2n) is 3.83. The van der Waals surface area contributed by atoms with Gasteiger partial charge < -0.3 is 10.2 Å². The first-order chi connectivity index (χ1) is 7.58. The normalized spacial score (nSPS) is 11.0. The van der Waals surface area contributed by atoms with Crippen molar-refractivity contribution in [3.8, 4) is 11.5 Å². The monoisotopic (exact) mass is 221 g/mol. The second-order valence-corrected chi connectivity index (χ2v) is 3.83. The van der Waals surface area contributed by atoms with E-state index in [-0.39, 0.29) is 11.7 Å². The second kappa shape index (κ2) is 3.92. The highest BCUT2D eigenvalue weighted by molar-refractivity contribution is 5.69. The lowest BCUT2D eigenvalue weighted by atomic mass is 10.2. The van der Waals surface area contributed by atoms with Crippen LogP contribution in [0.2, 0.25) is 0 Å². The van der Waals surface area contributed by atoms with E-state index in [4.69, 9.17) is 10.2 Å². The molecule has 0 amide bonds. The Morgan fingerprint density at radius 1 is 1.31 bits per heavy atom. The van der Waals surface area contributed by atoms with Gasteiger partial charge in [0.2, 0.25) is 11.8 Å². The SMILES string of the molecule is CC(C)c1nnc(-c2ccc(F)cc2N)o1. The number of aromatic nitrogens is 2. The van der Waals surface area contributed by atoms with Crippen molar-refractivity contribution in [2.45, 2.75) is 19.8 Å². The van der Waals surface area contributed by atoms with Crippen LogP contribution in [0.4, 0.5) is 10.1 Å². The molecule has 0 spiro atoms. The van der Waals surface area contributed by atoms with E-state index in [1.54, 1.807) is 0 Å². The van der Waals surface area contributed by atoms with E-state index in [1.165, 1.54) is 18.2 Å². The minimum atomic E-state index is -0.384. The first-order valence-corrected chi connectivity index (χ1v) is 4.96. The van der Waals surface area contributed by atoms with Crippen molar-refractivity contribution < 1.29 is 8.81 Å². The number of hydrogen-bond donors (Lipinski definition) is 1. The van der Waals surface area contributed by atoms with Crippen molar-refractivity contribution in [1.82, 2.24) is 10.2 Å². The molecular weight excluding hydrogens is 209 g/mol. The highest BCUT2D eigenvalue weighted by Gasteiger charge is 2.13. The average molecular weight is 221 g/mol. The fourth-order valence-electron chi connectivity index (χ4n) is 1.31. The Morgan fingerprint density at radius 2 is 2.06 bits per heavy atom. The molecule has 0 aliphatic heterocycles. The summed E-state index contributed by atoms with van der Waals surface area (Å²) in [5.74, 6) is 0.632. The fraction of sp³-hybridized carbons (Fsp3) is 0.273. The maximum atomic E-state index is 12.9. The third kappa shape index (κ3) is 1.88. The molecule has 0 fully saturated rings. The predicted molar refractivity (Wildman–Crippen MR) is 58.2 cm³/mol. The molecule has 0 atom stereocenters. The van der Waals surface area contributed by atoms with Crippen molar-refractivity contribution in [1.29, 1.82) is 0 Å². The molecule has 5 heteroatoms. The van der Waals surface area contributed by atoms with E-state index < -0.39 is 0 Å². The summed E-state index contributed by atoms with van der Waals surface area (Å²) in [5.41, 5.74) is 6.52. The summed E-state index contributed by atoms with van der Waals surface area (Å²) >= 11 is 0. The van der Waals surface area contributed by atoms with Gasteiger partial charge in [0.25, 0.3) is 0 Å². The molecular formula is C11H12FN3O. The van der Waals surface area contributed by atoms with Crippen molar-refractivity contribution in [3.05, 3.63) is 29.9 Å². The van der Waals surface area contributed by atoms with Gasteiger partial charge in [0, 0.05) is 11.6 Å². The van der Waals surface area contributed by atoms with E-state index in [0.29, 0.717) is 23.0 Å². The van der Waals surface area contributed by atoms with Crippen LogP contribution in [-0.2, 0) is 0 Å². The smallest absolute Gasteiger partial charge is 0.249 e. The fourth-order valence-corrected chi connectivity index (χ4v) is 1.31. The van der Waals surface area contributed by atoms with E-state index in [0.717, 1.165) is 0 Å². The lowest BCUT2D eigenvalue weighted by molar-refractivity contribution is 0.481. The van der Waals surface area contributed by atoms with Crippen LogP contribution >= 0.6 is 0 Å². The number of nitrogens with zero attached hydrogens (tertiary/aromatic N) is 2. The highest BCUT2D eigenvalue weighted by Crippen LogP contribution is 2.26. The summed E-state index contributed by atoms with van der Waals surface area (Å²) in [4.78, 5) is 0. The Bertz CT molecular complexity index is 508. The van der Waals surface area contributed by atoms with Gasteiger partial charge in [0.15, 0.2) is 0 Å². The van der Waals surface area contributed by atoms with Gasteiger partial charge in [-0.3, -0.25) is 0 Å². The summed E-state index contributed by atoms with van der Waals surface area (Å²) < 4.78 is 18.3. The van der Waals surface area contributed by atoms with Gasteiger partial charge in [0.1, 0.15) is 5.82 Å². The summed E-state index contributed by atoms with van der Waals surface area (Å²) in [6.07, 6.45) is 0. The van der Waals surface area contributed by atoms with Gasteiger partial charge in [-0.15, -0.1) is 10.2 Å². The molecule has 2 aromatic rings. The summed E-state index contributed by atoms with van der Waals surface area (Å²) in [7, 11) is 0. The number of rotatable bonds is 2. The van der Waals surface area contributed by atoms with Crippen molar-refractivity contribution in [2.75, 3.05) is 5.73 Å². The third-order valence-electron chi connectivity index (χ3n) is 2.18. The highest BCUT2D eigenvalue weighted by atomic mass is 19.1. The molecule has 0 saturated heterocycles. The van der Waals surface area contributed by atoms with Crippen molar-refractivity contribution in [2.24, 2.45) is 0 Å². The van der Waals surface area contributed by atoms with E-state index >= 15 is 0 Å². The molecule has 1 heterocycles. The largest absolute Gasteiger partial charge is 0.420 e. The van der Waals surface area contributed by atoms with Gasteiger partial charge in [-0.05, 0) is 18.2 Å². The molecule has 0 bridgehead atoms. The third-order valence-corrected chi connectivity index (χ3v) is 2.18. The number of benzene rings is 1. The Morgan fingerprint density at radius 3 is 2.62 bits per heavy atom. The Balaban J connectivity index is 2.42. The van der Waals surface area contributed by atoms with Crippen LogP contribution in [0.3, 0.4) is 0 Å². The van der Waals surface area contributed by atoms with Crippen LogP contribution in [0, 0.1) is 5.82 Å². The zero-order valence-electron chi connectivity index (χ0n) is 9.07. The zero-order valence-corrected chi connectivity index (χ0v) is 9.07. The molecule has 16 heavy (non-hydrogen) atoms. The van der Waals surface area contributed by atoms with Gasteiger partial charge in [-0.1, -0.05) is 13.8 Å². The van der Waals surface area contributed by atoms with Gasteiger partial charge in [-0.2, -0.15) is 0 Å². The molecule has 0 aliphatic rings. The van der Waals surface area contributed by atoms with Gasteiger partial charge in [0.05, 0.1) is 5.56 Å². The number of anilines is 1. The quantitative estimate of drug-likeness (QED) is 0.791. The topological polar surface area (TPSA) is 64.9 Å². The first-order valence-electron chi connectivity index (χ1n) is 4.96. The minimum Gasteiger partial charge on any atom is -0.420 e. The lowest BCUT2D eigenvalue weighted by Crippen LogP contribution is -1.91. The van der Waals surface area contributed by atoms with E-state index in [9.17, 15) is 4.39 Å². The van der Waals surface area contributed by atoms with Crippen molar-refractivity contribution in [3.63, 3.8) is 0 Å². The van der Waals surface area contributed by atoms with Crippen LogP contribution in [-0.4, -0.2) is 10.2 Å². The molecule has 2 rings (SSSR count). The van der Waals surface area contributed by atoms with Crippen LogP contribution in [0.25, 0.3) is 11.5 Å². The number of nitrogen functional groups attached to an aromatic ring is 1. The molecule has 0 saturated carbocycles. The summed E-state index contributed by atoms with van der Waals surface area (Å²) in [6, 6.07) is 4.07. The predicted octanol–water partition coefficient (Wildman–Crippen LogP) is 2.58. The molecule has 1 aromatic heterocycles. The minimum absolute atomic E-state index is 0.155. The van der Waals surface area contributed by atoms with Gasteiger partial charge in [-0.25, -0.2) is 4.39 Å². The Labute approximate surface area is 92.3 Å².